The molecule has 1 aromatic heterocycles. The average molecular weight is 330 g/mol. The molecule has 0 bridgehead atoms. The molecule has 7 heteroatoms. The van der Waals surface area contributed by atoms with Crippen LogP contribution in [0.2, 0.25) is 0 Å². The van der Waals surface area contributed by atoms with E-state index in [-0.39, 0.29) is 5.97 Å². The molecule has 1 aliphatic carbocycles. The monoisotopic (exact) mass is 330 g/mol. The molecule has 0 spiro atoms. The van der Waals surface area contributed by atoms with Gasteiger partial charge in [-0.25, -0.2) is 4.79 Å². The maximum absolute atomic E-state index is 11.4. The van der Waals surface area contributed by atoms with Crippen molar-refractivity contribution in [1.82, 2.24) is 20.2 Å². The Bertz CT molecular complexity index is 703. The van der Waals surface area contributed by atoms with Crippen LogP contribution in [0.3, 0.4) is 0 Å². The molecule has 2 aromatic rings. The van der Waals surface area contributed by atoms with Crippen LogP contribution in [0.1, 0.15) is 43.0 Å². The first-order valence-corrected chi connectivity index (χ1v) is 8.18. The first-order valence-electron chi connectivity index (χ1n) is 8.18. The molecule has 0 aliphatic heterocycles. The van der Waals surface area contributed by atoms with Gasteiger partial charge in [0.2, 0.25) is 5.82 Å². The van der Waals surface area contributed by atoms with Crippen molar-refractivity contribution < 1.29 is 14.6 Å². The second-order valence-corrected chi connectivity index (χ2v) is 6.62. The molecule has 1 N–H and O–H groups in total. The van der Waals surface area contributed by atoms with E-state index in [1.807, 2.05) is 0 Å². The maximum atomic E-state index is 11.4. The smallest absolute Gasteiger partial charge is 0.337 e. The Labute approximate surface area is 140 Å². The second kappa shape index (κ2) is 6.68. The summed E-state index contributed by atoms with van der Waals surface area (Å²) >= 11 is 0. The lowest BCUT2D eigenvalue weighted by molar-refractivity contribution is -0.0278. The van der Waals surface area contributed by atoms with Crippen LogP contribution in [0.25, 0.3) is 11.4 Å². The summed E-state index contributed by atoms with van der Waals surface area (Å²) < 4.78 is 4.67. The van der Waals surface area contributed by atoms with Crippen LogP contribution in [0.4, 0.5) is 0 Å². The van der Waals surface area contributed by atoms with Crippen molar-refractivity contribution in [3.05, 3.63) is 29.8 Å². The number of carbonyl (C=O) groups excluding carboxylic acids is 1. The molecule has 0 radical (unpaired) electrons. The van der Waals surface area contributed by atoms with Crippen LogP contribution in [0, 0.1) is 5.92 Å². The maximum Gasteiger partial charge on any atom is 0.337 e. The Morgan fingerprint density at radius 2 is 2.00 bits per heavy atom. The fourth-order valence-electron chi connectivity index (χ4n) is 3.02. The molecule has 7 nitrogen and oxygen atoms in total. The van der Waals surface area contributed by atoms with Crippen molar-refractivity contribution in [2.75, 3.05) is 7.11 Å². The van der Waals surface area contributed by atoms with Crippen LogP contribution in [-0.4, -0.2) is 44.0 Å². The Hall–Kier alpha value is -2.28. The highest BCUT2D eigenvalue weighted by atomic mass is 16.5. The van der Waals surface area contributed by atoms with Crippen LogP contribution in [0.5, 0.6) is 0 Å². The Balaban J connectivity index is 1.70. The average Bonchev–Trinajstić information content (AvgIpc) is 3.05. The largest absolute Gasteiger partial charge is 0.465 e. The number of ether oxygens (including phenoxy) is 1. The predicted octanol–water partition coefficient (Wildman–Crippen LogP) is 2.07. The Kier molecular flexibility index (Phi) is 4.62. The zero-order valence-electron chi connectivity index (χ0n) is 14.0. The number of hydrogen-bond acceptors (Lipinski definition) is 6. The summed E-state index contributed by atoms with van der Waals surface area (Å²) in [5, 5.41) is 23.1. The van der Waals surface area contributed by atoms with Gasteiger partial charge in [0.1, 0.15) is 0 Å². The molecule has 0 amide bonds. The summed E-state index contributed by atoms with van der Waals surface area (Å²) in [5.74, 6) is 0.754. The van der Waals surface area contributed by atoms with E-state index in [4.69, 9.17) is 0 Å². The van der Waals surface area contributed by atoms with Crippen molar-refractivity contribution in [2.24, 2.45) is 5.92 Å². The second-order valence-electron chi connectivity index (χ2n) is 6.62. The molecule has 0 atom stereocenters. The zero-order valence-corrected chi connectivity index (χ0v) is 14.0. The molecule has 24 heavy (non-hydrogen) atoms. The van der Waals surface area contributed by atoms with E-state index in [0.717, 1.165) is 31.2 Å². The van der Waals surface area contributed by atoms with Gasteiger partial charge in [0.15, 0.2) is 0 Å². The molecule has 0 unspecified atom stereocenters. The van der Waals surface area contributed by atoms with Gasteiger partial charge in [0, 0.05) is 5.56 Å². The first-order chi connectivity index (χ1) is 11.5. The Morgan fingerprint density at radius 3 is 2.62 bits per heavy atom. The molecule has 0 saturated heterocycles. The molecule has 128 valence electrons. The van der Waals surface area contributed by atoms with Gasteiger partial charge in [-0.05, 0) is 48.9 Å². The van der Waals surface area contributed by atoms with Crippen molar-refractivity contribution in [3.8, 4) is 11.4 Å². The van der Waals surface area contributed by atoms with E-state index in [1.165, 1.54) is 11.9 Å². The number of carbonyl (C=O) groups is 1. The van der Waals surface area contributed by atoms with Gasteiger partial charge in [-0.1, -0.05) is 19.1 Å². The van der Waals surface area contributed by atoms with E-state index >= 15 is 0 Å². The van der Waals surface area contributed by atoms with E-state index in [9.17, 15) is 9.90 Å². The SMILES string of the molecule is COC(=O)c1ccc(-c2nnn(CC3(O)CCC(C)CC3)n2)cc1. The quantitative estimate of drug-likeness (QED) is 0.863. The molecule has 1 aliphatic rings. The molecule has 1 aromatic carbocycles. The van der Waals surface area contributed by atoms with Gasteiger partial charge in [-0.3, -0.25) is 0 Å². The lowest BCUT2D eigenvalue weighted by atomic mass is 9.80. The van der Waals surface area contributed by atoms with Crippen molar-refractivity contribution >= 4 is 5.97 Å². The number of esters is 1. The minimum absolute atomic E-state index is 0.354. The molecule has 1 saturated carbocycles. The van der Waals surface area contributed by atoms with Crippen LogP contribution in [-0.2, 0) is 11.3 Å². The number of methoxy groups -OCH3 is 1. The fraction of sp³-hybridized carbons (Fsp3) is 0.529. The third kappa shape index (κ3) is 3.62. The van der Waals surface area contributed by atoms with E-state index < -0.39 is 5.60 Å². The van der Waals surface area contributed by atoms with Crippen LogP contribution < -0.4 is 0 Å². The Morgan fingerprint density at radius 1 is 1.33 bits per heavy atom. The summed E-state index contributed by atoms with van der Waals surface area (Å²) in [6, 6.07) is 6.84. The van der Waals surface area contributed by atoms with E-state index in [1.54, 1.807) is 24.3 Å². The molecule has 3 rings (SSSR count). The summed E-state index contributed by atoms with van der Waals surface area (Å²) in [5.41, 5.74) is 0.483. The van der Waals surface area contributed by atoms with Crippen LogP contribution in [0.15, 0.2) is 24.3 Å². The number of aliphatic hydroxyl groups is 1. The van der Waals surface area contributed by atoms with Gasteiger partial charge in [0.25, 0.3) is 0 Å². The number of nitrogens with zero attached hydrogens (tertiary/aromatic N) is 4. The standard InChI is InChI=1S/C17H22N4O3/c1-12-7-9-17(23,10-8-12)11-21-19-15(18-20-21)13-3-5-14(6-4-13)16(22)24-2/h3-6,12,23H,7-11H2,1-2H3. The lowest BCUT2D eigenvalue weighted by Gasteiger charge is -2.34. The third-order valence-corrected chi connectivity index (χ3v) is 4.66. The third-order valence-electron chi connectivity index (χ3n) is 4.66. The highest BCUT2D eigenvalue weighted by Gasteiger charge is 2.33. The number of tetrazole rings is 1. The van der Waals surface area contributed by atoms with Crippen molar-refractivity contribution in [1.29, 1.82) is 0 Å². The van der Waals surface area contributed by atoms with Gasteiger partial charge in [-0.2, -0.15) is 4.80 Å². The topological polar surface area (TPSA) is 90.1 Å². The molecular weight excluding hydrogens is 308 g/mol. The van der Waals surface area contributed by atoms with Gasteiger partial charge >= 0.3 is 5.97 Å². The summed E-state index contributed by atoms with van der Waals surface area (Å²) in [6.07, 6.45) is 3.57. The summed E-state index contributed by atoms with van der Waals surface area (Å²) in [6.45, 7) is 2.57. The number of hydrogen-bond donors (Lipinski definition) is 1. The molecule has 1 heterocycles. The van der Waals surface area contributed by atoms with Gasteiger partial charge in [0.05, 0.1) is 24.8 Å². The van der Waals surface area contributed by atoms with E-state index in [2.05, 4.69) is 27.1 Å². The zero-order chi connectivity index (χ0) is 17.2. The predicted molar refractivity (Wildman–Crippen MR) is 87.2 cm³/mol. The number of benzene rings is 1. The highest BCUT2D eigenvalue weighted by molar-refractivity contribution is 5.89. The minimum atomic E-state index is -0.751. The summed E-state index contributed by atoms with van der Waals surface area (Å²) in [7, 11) is 1.35. The van der Waals surface area contributed by atoms with E-state index in [0.29, 0.717) is 23.9 Å². The van der Waals surface area contributed by atoms with Crippen molar-refractivity contribution in [2.45, 2.75) is 44.8 Å². The fourth-order valence-corrected chi connectivity index (χ4v) is 3.02. The first kappa shape index (κ1) is 16.6. The van der Waals surface area contributed by atoms with Gasteiger partial charge in [-0.15, -0.1) is 10.2 Å². The number of aromatic nitrogens is 4. The van der Waals surface area contributed by atoms with Crippen LogP contribution >= 0.6 is 0 Å². The lowest BCUT2D eigenvalue weighted by Crippen LogP contribution is -2.38. The summed E-state index contributed by atoms with van der Waals surface area (Å²) in [4.78, 5) is 12.9. The minimum Gasteiger partial charge on any atom is -0.465 e. The van der Waals surface area contributed by atoms with Gasteiger partial charge < -0.3 is 9.84 Å². The van der Waals surface area contributed by atoms with Crippen molar-refractivity contribution in [3.63, 3.8) is 0 Å². The molecule has 1 fully saturated rings. The highest BCUT2D eigenvalue weighted by Crippen LogP contribution is 2.32. The normalized spacial score (nSPS) is 23.9. The molecular formula is C17H22N4O3. The number of rotatable bonds is 4.